The van der Waals surface area contributed by atoms with Crippen molar-refractivity contribution < 1.29 is 15.0 Å². The van der Waals surface area contributed by atoms with E-state index in [0.29, 0.717) is 5.56 Å². The van der Waals surface area contributed by atoms with Crippen LogP contribution in [0.2, 0.25) is 0 Å². The van der Waals surface area contributed by atoms with Gasteiger partial charge in [0, 0.05) is 0 Å². The van der Waals surface area contributed by atoms with E-state index in [1.54, 1.807) is 18.2 Å². The average Bonchev–Trinajstić information content (AvgIpc) is 2.08. The zero-order chi connectivity index (χ0) is 10.0. The minimum Gasteiger partial charge on any atom is -0.479 e. The van der Waals surface area contributed by atoms with E-state index in [0.717, 1.165) is 11.1 Å². The fourth-order valence-electron chi connectivity index (χ4n) is 1.08. The number of aliphatic hydroxyl groups is 1. The zero-order valence-electron chi connectivity index (χ0n) is 7.61. The highest BCUT2D eigenvalue weighted by molar-refractivity contribution is 5.74. The third kappa shape index (κ3) is 2.06. The summed E-state index contributed by atoms with van der Waals surface area (Å²) in [4.78, 5) is 10.4. The van der Waals surface area contributed by atoms with Gasteiger partial charge in [0.15, 0.2) is 6.10 Å². The van der Waals surface area contributed by atoms with Crippen molar-refractivity contribution in [3.05, 3.63) is 34.9 Å². The highest BCUT2D eigenvalue weighted by Crippen LogP contribution is 2.16. The fraction of sp³-hybridized carbons (Fsp3) is 0.300. The van der Waals surface area contributed by atoms with Crippen LogP contribution in [0.25, 0.3) is 0 Å². The maximum atomic E-state index is 10.4. The number of carboxylic acids is 1. The lowest BCUT2D eigenvalue weighted by Gasteiger charge is -2.07. The van der Waals surface area contributed by atoms with Crippen LogP contribution in [-0.2, 0) is 4.79 Å². The van der Waals surface area contributed by atoms with Crippen LogP contribution in [0, 0.1) is 13.8 Å². The van der Waals surface area contributed by atoms with Gasteiger partial charge in [-0.2, -0.15) is 0 Å². The smallest absolute Gasteiger partial charge is 0.337 e. The van der Waals surface area contributed by atoms with Gasteiger partial charge in [0.1, 0.15) is 0 Å². The Bertz CT molecular complexity index is 331. The minimum atomic E-state index is -1.42. The number of aliphatic carboxylic acids is 1. The van der Waals surface area contributed by atoms with Gasteiger partial charge in [0.2, 0.25) is 0 Å². The van der Waals surface area contributed by atoms with Gasteiger partial charge in [-0.25, -0.2) is 4.79 Å². The summed E-state index contributed by atoms with van der Waals surface area (Å²) in [5.41, 5.74) is 2.50. The van der Waals surface area contributed by atoms with Crippen LogP contribution in [0.4, 0.5) is 0 Å². The van der Waals surface area contributed by atoms with Gasteiger partial charge < -0.3 is 10.2 Å². The predicted octanol–water partition coefficient (Wildman–Crippen LogP) is 1.42. The molecule has 0 amide bonds. The number of aryl methyl sites for hydroxylation is 2. The van der Waals surface area contributed by atoms with E-state index in [1.807, 2.05) is 13.8 Å². The lowest BCUT2D eigenvalue weighted by atomic mass is 10.0. The van der Waals surface area contributed by atoms with Crippen molar-refractivity contribution >= 4 is 5.97 Å². The Kier molecular flexibility index (Phi) is 2.68. The molecule has 0 spiro atoms. The second-order valence-corrected chi connectivity index (χ2v) is 3.08. The largest absolute Gasteiger partial charge is 0.479 e. The normalized spacial score (nSPS) is 12.5. The molecule has 1 aromatic carbocycles. The van der Waals surface area contributed by atoms with Gasteiger partial charge in [-0.05, 0) is 30.5 Å². The zero-order valence-corrected chi connectivity index (χ0v) is 7.61. The van der Waals surface area contributed by atoms with E-state index >= 15 is 0 Å². The monoisotopic (exact) mass is 180 g/mol. The Labute approximate surface area is 76.6 Å². The molecule has 3 heteroatoms. The van der Waals surface area contributed by atoms with Crippen molar-refractivity contribution in [1.82, 2.24) is 0 Å². The fourth-order valence-corrected chi connectivity index (χ4v) is 1.08. The molecule has 0 fully saturated rings. The van der Waals surface area contributed by atoms with Crippen LogP contribution in [0.15, 0.2) is 18.2 Å². The van der Waals surface area contributed by atoms with Crippen LogP contribution in [0.3, 0.4) is 0 Å². The van der Waals surface area contributed by atoms with Crippen molar-refractivity contribution in [2.75, 3.05) is 0 Å². The molecule has 1 aromatic rings. The van der Waals surface area contributed by atoms with Crippen LogP contribution < -0.4 is 0 Å². The Morgan fingerprint density at radius 3 is 2.38 bits per heavy atom. The van der Waals surface area contributed by atoms with Crippen LogP contribution in [0.5, 0.6) is 0 Å². The maximum absolute atomic E-state index is 10.4. The molecule has 3 nitrogen and oxygen atoms in total. The molecule has 0 heterocycles. The van der Waals surface area contributed by atoms with Crippen molar-refractivity contribution in [2.24, 2.45) is 0 Å². The SMILES string of the molecule is Cc1ccc([C@H](O)C(=O)O)cc1C. The predicted molar refractivity (Wildman–Crippen MR) is 48.5 cm³/mol. The molecule has 2 N–H and O–H groups in total. The number of hydrogen-bond acceptors (Lipinski definition) is 2. The van der Waals surface area contributed by atoms with E-state index in [1.165, 1.54) is 0 Å². The standard InChI is InChI=1S/C10H12O3/c1-6-3-4-8(5-7(6)2)9(11)10(12)13/h3-5,9,11H,1-2H3,(H,12,13)/t9-/m0/s1. The lowest BCUT2D eigenvalue weighted by Crippen LogP contribution is -2.10. The van der Waals surface area contributed by atoms with Crippen molar-refractivity contribution in [1.29, 1.82) is 0 Å². The van der Waals surface area contributed by atoms with Crippen LogP contribution >= 0.6 is 0 Å². The first-order chi connectivity index (χ1) is 6.02. The maximum Gasteiger partial charge on any atom is 0.337 e. The summed E-state index contributed by atoms with van der Waals surface area (Å²) in [6.07, 6.45) is -1.42. The van der Waals surface area contributed by atoms with Gasteiger partial charge in [-0.1, -0.05) is 18.2 Å². The Hall–Kier alpha value is -1.35. The molecule has 0 saturated carbocycles. The lowest BCUT2D eigenvalue weighted by molar-refractivity contribution is -0.146. The summed E-state index contributed by atoms with van der Waals surface area (Å²) in [5, 5.41) is 17.8. The highest BCUT2D eigenvalue weighted by atomic mass is 16.4. The number of carbonyl (C=O) groups is 1. The number of benzene rings is 1. The van der Waals surface area contributed by atoms with E-state index in [2.05, 4.69) is 0 Å². The average molecular weight is 180 g/mol. The Balaban J connectivity index is 3.03. The van der Waals surface area contributed by atoms with Gasteiger partial charge in [0.05, 0.1) is 0 Å². The molecule has 0 aliphatic carbocycles. The van der Waals surface area contributed by atoms with E-state index in [4.69, 9.17) is 5.11 Å². The van der Waals surface area contributed by atoms with Crippen molar-refractivity contribution in [3.63, 3.8) is 0 Å². The van der Waals surface area contributed by atoms with E-state index in [-0.39, 0.29) is 0 Å². The van der Waals surface area contributed by atoms with Gasteiger partial charge in [0.25, 0.3) is 0 Å². The number of carboxylic acid groups (broad SMARTS) is 1. The summed E-state index contributed by atoms with van der Waals surface area (Å²) in [7, 11) is 0. The minimum absolute atomic E-state index is 0.426. The number of rotatable bonds is 2. The Morgan fingerprint density at radius 1 is 1.31 bits per heavy atom. The highest BCUT2D eigenvalue weighted by Gasteiger charge is 2.15. The third-order valence-corrected chi connectivity index (χ3v) is 2.08. The quantitative estimate of drug-likeness (QED) is 0.723. The van der Waals surface area contributed by atoms with E-state index < -0.39 is 12.1 Å². The van der Waals surface area contributed by atoms with Crippen molar-refractivity contribution in [3.8, 4) is 0 Å². The number of hydrogen-bond donors (Lipinski definition) is 2. The van der Waals surface area contributed by atoms with Gasteiger partial charge in [-0.15, -0.1) is 0 Å². The Morgan fingerprint density at radius 2 is 1.92 bits per heavy atom. The molecule has 0 aromatic heterocycles. The molecule has 0 unspecified atom stereocenters. The van der Waals surface area contributed by atoms with Crippen molar-refractivity contribution in [2.45, 2.75) is 20.0 Å². The topological polar surface area (TPSA) is 57.5 Å². The summed E-state index contributed by atoms with van der Waals surface area (Å²) >= 11 is 0. The molecule has 0 saturated heterocycles. The molecule has 0 bridgehead atoms. The molecule has 13 heavy (non-hydrogen) atoms. The first-order valence-corrected chi connectivity index (χ1v) is 4.00. The molecule has 0 aliphatic heterocycles. The summed E-state index contributed by atoms with van der Waals surface area (Å²) in [6.45, 7) is 3.82. The molecule has 70 valence electrons. The summed E-state index contributed by atoms with van der Waals surface area (Å²) in [5.74, 6) is -1.22. The van der Waals surface area contributed by atoms with Gasteiger partial charge in [-0.3, -0.25) is 0 Å². The molecular weight excluding hydrogens is 168 g/mol. The summed E-state index contributed by atoms with van der Waals surface area (Å²) in [6, 6.07) is 5.12. The molecular formula is C10H12O3. The molecule has 0 radical (unpaired) electrons. The van der Waals surface area contributed by atoms with Crippen LogP contribution in [0.1, 0.15) is 22.8 Å². The molecule has 1 rings (SSSR count). The molecule has 0 aliphatic rings. The van der Waals surface area contributed by atoms with Gasteiger partial charge >= 0.3 is 5.97 Å². The molecule has 1 atom stereocenters. The summed E-state index contributed by atoms with van der Waals surface area (Å²) < 4.78 is 0. The number of aliphatic hydroxyl groups excluding tert-OH is 1. The van der Waals surface area contributed by atoms with Crippen LogP contribution in [-0.4, -0.2) is 16.2 Å². The second kappa shape index (κ2) is 3.58. The third-order valence-electron chi connectivity index (χ3n) is 2.08. The first kappa shape index (κ1) is 9.74. The second-order valence-electron chi connectivity index (χ2n) is 3.08. The first-order valence-electron chi connectivity index (χ1n) is 4.00. The van der Waals surface area contributed by atoms with E-state index in [9.17, 15) is 9.90 Å².